The lowest BCUT2D eigenvalue weighted by Crippen LogP contribution is -2.36. The highest BCUT2D eigenvalue weighted by molar-refractivity contribution is 6.21. The summed E-state index contributed by atoms with van der Waals surface area (Å²) in [5.74, 6) is 0.306. The first-order chi connectivity index (χ1) is 8.44. The van der Waals surface area contributed by atoms with E-state index in [-0.39, 0.29) is 11.1 Å². The lowest BCUT2D eigenvalue weighted by Gasteiger charge is -2.30. The van der Waals surface area contributed by atoms with Crippen LogP contribution in [0.1, 0.15) is 12.8 Å². The van der Waals surface area contributed by atoms with E-state index in [0.29, 0.717) is 12.4 Å². The monoisotopic (exact) mass is 280 g/mol. The molecule has 1 aliphatic rings. The second-order valence-corrected chi connectivity index (χ2v) is 4.70. The summed E-state index contributed by atoms with van der Waals surface area (Å²) in [4.78, 5) is 5.92. The molecule has 1 fully saturated rings. The van der Waals surface area contributed by atoms with Crippen LogP contribution in [-0.4, -0.2) is 29.8 Å². The minimum absolute atomic E-state index is 0.0617. The van der Waals surface area contributed by atoms with E-state index in [0.717, 1.165) is 25.6 Å². The van der Waals surface area contributed by atoms with Gasteiger partial charge < -0.3 is 9.64 Å². The molecule has 1 aromatic rings. The maximum Gasteiger partial charge on any atom is 0.573 e. The smallest absolute Gasteiger partial charge is 0.404 e. The van der Waals surface area contributed by atoms with Gasteiger partial charge in [0.2, 0.25) is 0 Å². The first-order valence-corrected chi connectivity index (χ1v) is 5.98. The number of nitrogens with zero attached hydrogens (tertiary/aromatic N) is 2. The van der Waals surface area contributed by atoms with Crippen molar-refractivity contribution < 1.29 is 17.9 Å². The van der Waals surface area contributed by atoms with Gasteiger partial charge in [0.1, 0.15) is 11.6 Å². The number of alkyl halides is 4. The molecule has 100 valence electrons. The summed E-state index contributed by atoms with van der Waals surface area (Å²) in [6.45, 7) is 1.48. The lowest BCUT2D eigenvalue weighted by atomic mass is 10.1. The Morgan fingerprint density at radius 3 is 2.72 bits per heavy atom. The molecule has 0 radical (unpaired) electrons. The van der Waals surface area contributed by atoms with Crippen LogP contribution in [0.5, 0.6) is 5.75 Å². The van der Waals surface area contributed by atoms with E-state index < -0.39 is 6.36 Å². The zero-order chi connectivity index (χ0) is 13.2. The molecule has 2 heterocycles. The van der Waals surface area contributed by atoms with Gasteiger partial charge in [-0.05, 0) is 25.0 Å². The largest absolute Gasteiger partial charge is 0.573 e. The molecule has 1 aliphatic heterocycles. The van der Waals surface area contributed by atoms with Crippen LogP contribution >= 0.6 is 11.6 Å². The van der Waals surface area contributed by atoms with E-state index in [1.54, 1.807) is 0 Å². The molecule has 1 saturated heterocycles. The summed E-state index contributed by atoms with van der Waals surface area (Å²) < 4.78 is 39.7. The van der Waals surface area contributed by atoms with Crippen LogP contribution in [0, 0.1) is 0 Å². The SMILES string of the molecule is FC(F)(F)Oc1ccc(N2CCCC(Cl)C2)nc1. The van der Waals surface area contributed by atoms with Gasteiger partial charge >= 0.3 is 6.36 Å². The van der Waals surface area contributed by atoms with E-state index in [9.17, 15) is 13.2 Å². The topological polar surface area (TPSA) is 25.4 Å². The minimum atomic E-state index is -4.68. The van der Waals surface area contributed by atoms with Crippen LogP contribution in [0.15, 0.2) is 18.3 Å². The zero-order valence-corrected chi connectivity index (χ0v) is 10.2. The third kappa shape index (κ3) is 3.66. The van der Waals surface area contributed by atoms with E-state index in [4.69, 9.17) is 11.6 Å². The van der Waals surface area contributed by atoms with Crippen molar-refractivity contribution in [1.29, 1.82) is 0 Å². The zero-order valence-electron chi connectivity index (χ0n) is 9.45. The van der Waals surface area contributed by atoms with E-state index in [1.165, 1.54) is 12.1 Å². The third-order valence-electron chi connectivity index (χ3n) is 2.64. The number of aromatic nitrogens is 1. The van der Waals surface area contributed by atoms with Crippen molar-refractivity contribution in [2.24, 2.45) is 0 Å². The van der Waals surface area contributed by atoms with Crippen molar-refractivity contribution in [1.82, 2.24) is 4.98 Å². The summed E-state index contributed by atoms with van der Waals surface area (Å²) in [6.07, 6.45) is -1.71. The molecule has 0 aromatic carbocycles. The number of pyridine rings is 1. The number of ether oxygens (including phenoxy) is 1. The molecule has 0 amide bonds. The number of anilines is 1. The predicted octanol–water partition coefficient (Wildman–Crippen LogP) is 3.19. The van der Waals surface area contributed by atoms with Crippen LogP contribution in [0.25, 0.3) is 0 Å². The molecule has 1 atom stereocenters. The van der Waals surface area contributed by atoms with Crippen LogP contribution in [0.3, 0.4) is 0 Å². The van der Waals surface area contributed by atoms with Gasteiger partial charge in [0, 0.05) is 13.1 Å². The van der Waals surface area contributed by atoms with Gasteiger partial charge in [0.25, 0.3) is 0 Å². The fourth-order valence-electron chi connectivity index (χ4n) is 1.89. The number of rotatable bonds is 2. The van der Waals surface area contributed by atoms with Gasteiger partial charge in [0.15, 0.2) is 0 Å². The van der Waals surface area contributed by atoms with Crippen molar-refractivity contribution >= 4 is 17.4 Å². The Bertz CT molecular complexity index is 396. The molecule has 3 nitrogen and oxygen atoms in total. The molecule has 0 N–H and O–H groups in total. The molecule has 1 aromatic heterocycles. The molecule has 0 spiro atoms. The summed E-state index contributed by atoms with van der Waals surface area (Å²) >= 11 is 6.04. The van der Waals surface area contributed by atoms with Gasteiger partial charge in [0.05, 0.1) is 11.6 Å². The van der Waals surface area contributed by atoms with Crippen molar-refractivity contribution in [3.63, 3.8) is 0 Å². The molecular formula is C11H12ClF3N2O. The van der Waals surface area contributed by atoms with Gasteiger partial charge in [-0.15, -0.1) is 24.8 Å². The van der Waals surface area contributed by atoms with Crippen LogP contribution in [-0.2, 0) is 0 Å². The summed E-state index contributed by atoms with van der Waals surface area (Å²) in [7, 11) is 0. The Hall–Kier alpha value is -1.17. The van der Waals surface area contributed by atoms with Crippen LogP contribution < -0.4 is 9.64 Å². The summed E-state index contributed by atoms with van der Waals surface area (Å²) in [5, 5.41) is 0.0617. The number of halogens is 4. The molecule has 7 heteroatoms. The molecule has 0 bridgehead atoms. The molecular weight excluding hydrogens is 269 g/mol. The van der Waals surface area contributed by atoms with Crippen molar-refractivity contribution in [2.75, 3.05) is 18.0 Å². The van der Waals surface area contributed by atoms with Crippen molar-refractivity contribution in [3.05, 3.63) is 18.3 Å². The molecule has 18 heavy (non-hydrogen) atoms. The highest BCUT2D eigenvalue weighted by Gasteiger charge is 2.31. The van der Waals surface area contributed by atoms with Crippen molar-refractivity contribution in [2.45, 2.75) is 24.6 Å². The van der Waals surface area contributed by atoms with E-state index in [2.05, 4.69) is 9.72 Å². The average Bonchev–Trinajstić information content (AvgIpc) is 2.28. The lowest BCUT2D eigenvalue weighted by molar-refractivity contribution is -0.274. The van der Waals surface area contributed by atoms with Crippen LogP contribution in [0.2, 0.25) is 0 Å². The summed E-state index contributed by atoms with van der Waals surface area (Å²) in [6, 6.07) is 2.77. The van der Waals surface area contributed by atoms with Gasteiger partial charge in [-0.1, -0.05) is 0 Å². The fourth-order valence-corrected chi connectivity index (χ4v) is 2.21. The van der Waals surface area contributed by atoms with Crippen molar-refractivity contribution in [3.8, 4) is 5.75 Å². The van der Waals surface area contributed by atoms with Crippen LogP contribution in [0.4, 0.5) is 19.0 Å². The molecule has 0 aliphatic carbocycles. The Kier molecular flexibility index (Phi) is 3.85. The standard InChI is InChI=1S/C11H12ClF3N2O/c12-8-2-1-5-17(7-8)10-4-3-9(6-16-10)18-11(13,14)15/h3-4,6,8H,1-2,5,7H2. The van der Waals surface area contributed by atoms with Gasteiger partial charge in [-0.25, -0.2) is 4.98 Å². The highest BCUT2D eigenvalue weighted by atomic mass is 35.5. The Balaban J connectivity index is 2.03. The first kappa shape index (κ1) is 13.3. The molecule has 0 saturated carbocycles. The quantitative estimate of drug-likeness (QED) is 0.778. The Morgan fingerprint density at radius 1 is 1.39 bits per heavy atom. The maximum absolute atomic E-state index is 12.0. The fraction of sp³-hybridized carbons (Fsp3) is 0.545. The highest BCUT2D eigenvalue weighted by Crippen LogP contribution is 2.25. The molecule has 1 unspecified atom stereocenters. The average molecular weight is 281 g/mol. The third-order valence-corrected chi connectivity index (χ3v) is 3.00. The number of hydrogen-bond acceptors (Lipinski definition) is 3. The second-order valence-electron chi connectivity index (χ2n) is 4.09. The van der Waals surface area contributed by atoms with E-state index in [1.807, 2.05) is 4.90 Å². The predicted molar refractivity (Wildman–Crippen MR) is 62.0 cm³/mol. The number of hydrogen-bond donors (Lipinski definition) is 0. The van der Waals surface area contributed by atoms with E-state index >= 15 is 0 Å². The van der Waals surface area contributed by atoms with Gasteiger partial charge in [-0.3, -0.25) is 0 Å². The first-order valence-electron chi connectivity index (χ1n) is 5.55. The second kappa shape index (κ2) is 5.22. The Morgan fingerprint density at radius 2 is 2.17 bits per heavy atom. The Labute approximate surface area is 108 Å². The number of piperidine rings is 1. The molecule has 2 rings (SSSR count). The van der Waals surface area contributed by atoms with Gasteiger partial charge in [-0.2, -0.15) is 0 Å². The normalized spacial score (nSPS) is 20.9. The minimum Gasteiger partial charge on any atom is -0.404 e. The summed E-state index contributed by atoms with van der Waals surface area (Å²) in [5.41, 5.74) is 0. The maximum atomic E-state index is 12.0.